The van der Waals surface area contributed by atoms with Gasteiger partial charge in [-0.3, -0.25) is 24.7 Å². The SMILES string of the molecule is CC1CCc2sc(C(=O)NNC(=O)c3cccc(N4CCCS4(=O)=O)c3)cc2C1. The van der Waals surface area contributed by atoms with E-state index in [2.05, 4.69) is 17.8 Å². The van der Waals surface area contributed by atoms with Gasteiger partial charge >= 0.3 is 0 Å². The number of hydrogen-bond donors (Lipinski definition) is 2. The number of nitrogens with zero attached hydrogens (tertiary/aromatic N) is 1. The maximum absolute atomic E-state index is 12.5. The first-order chi connectivity index (χ1) is 13.8. The molecular weight excluding hydrogens is 410 g/mol. The summed E-state index contributed by atoms with van der Waals surface area (Å²) in [5, 5.41) is 0. The van der Waals surface area contributed by atoms with E-state index in [1.54, 1.807) is 18.2 Å². The van der Waals surface area contributed by atoms with E-state index in [1.807, 2.05) is 6.07 Å². The van der Waals surface area contributed by atoms with E-state index in [-0.39, 0.29) is 17.2 Å². The summed E-state index contributed by atoms with van der Waals surface area (Å²) in [4.78, 5) is 26.7. The number of amides is 2. The van der Waals surface area contributed by atoms with Gasteiger partial charge in [-0.05, 0) is 61.4 Å². The molecule has 4 rings (SSSR count). The highest BCUT2D eigenvalue weighted by molar-refractivity contribution is 7.93. The minimum absolute atomic E-state index is 0.114. The monoisotopic (exact) mass is 433 g/mol. The number of sulfonamides is 1. The van der Waals surface area contributed by atoms with Gasteiger partial charge in [-0.1, -0.05) is 13.0 Å². The molecule has 29 heavy (non-hydrogen) atoms. The fourth-order valence-corrected chi connectivity index (χ4v) is 6.46. The van der Waals surface area contributed by atoms with Crippen LogP contribution in [0.1, 0.15) is 50.2 Å². The number of hydrazine groups is 1. The number of hydrogen-bond acceptors (Lipinski definition) is 5. The van der Waals surface area contributed by atoms with Crippen LogP contribution in [0.2, 0.25) is 0 Å². The highest BCUT2D eigenvalue weighted by atomic mass is 32.2. The summed E-state index contributed by atoms with van der Waals surface area (Å²) in [5.74, 6) is -0.0990. The predicted octanol–water partition coefficient (Wildman–Crippen LogP) is 2.49. The maximum atomic E-state index is 12.5. The molecule has 1 aliphatic heterocycles. The first kappa shape index (κ1) is 19.9. The highest BCUT2D eigenvalue weighted by Gasteiger charge is 2.28. The molecule has 0 bridgehead atoms. The lowest BCUT2D eigenvalue weighted by Crippen LogP contribution is -2.41. The fraction of sp³-hybridized carbons (Fsp3) is 0.400. The van der Waals surface area contributed by atoms with Crippen LogP contribution in [0, 0.1) is 5.92 Å². The Kier molecular flexibility index (Phi) is 5.35. The van der Waals surface area contributed by atoms with E-state index >= 15 is 0 Å². The van der Waals surface area contributed by atoms with Gasteiger partial charge in [-0.15, -0.1) is 11.3 Å². The Morgan fingerprint density at radius 1 is 1.17 bits per heavy atom. The fourth-order valence-electron chi connectivity index (χ4n) is 3.80. The number of carbonyl (C=O) groups excluding carboxylic acids is 2. The van der Waals surface area contributed by atoms with Gasteiger partial charge in [0.25, 0.3) is 11.8 Å². The standard InChI is InChI=1S/C20H23N3O4S2/c1-13-6-7-17-15(10-13)12-18(28-17)20(25)22-21-19(24)14-4-2-5-16(11-14)23-8-3-9-29(23,26)27/h2,4-5,11-13H,3,6-10H2,1H3,(H,21,24)(H,22,25). The van der Waals surface area contributed by atoms with Crippen LogP contribution in [0.4, 0.5) is 5.69 Å². The summed E-state index contributed by atoms with van der Waals surface area (Å²) in [7, 11) is -3.32. The zero-order valence-electron chi connectivity index (χ0n) is 16.1. The molecule has 2 N–H and O–H groups in total. The van der Waals surface area contributed by atoms with Crippen molar-refractivity contribution in [1.29, 1.82) is 0 Å². The maximum Gasteiger partial charge on any atom is 0.279 e. The molecule has 0 saturated carbocycles. The average Bonchev–Trinajstić information content (AvgIpc) is 3.28. The van der Waals surface area contributed by atoms with Crippen molar-refractivity contribution in [1.82, 2.24) is 10.9 Å². The van der Waals surface area contributed by atoms with Crippen LogP contribution in [0.5, 0.6) is 0 Å². The van der Waals surface area contributed by atoms with Crippen molar-refractivity contribution >= 4 is 38.9 Å². The number of fused-ring (bicyclic) bond motifs is 1. The molecule has 1 atom stereocenters. The minimum Gasteiger partial charge on any atom is -0.270 e. The lowest BCUT2D eigenvalue weighted by Gasteiger charge is -2.17. The number of rotatable bonds is 3. The van der Waals surface area contributed by atoms with Gasteiger partial charge in [-0.2, -0.15) is 0 Å². The number of aryl methyl sites for hydroxylation is 1. The molecule has 1 unspecified atom stereocenters. The van der Waals surface area contributed by atoms with Crippen molar-refractivity contribution in [3.8, 4) is 0 Å². The topological polar surface area (TPSA) is 95.6 Å². The third kappa shape index (κ3) is 4.16. The van der Waals surface area contributed by atoms with E-state index in [0.29, 0.717) is 29.4 Å². The molecule has 1 aromatic heterocycles. The second kappa shape index (κ2) is 7.79. The first-order valence-corrected chi connectivity index (χ1v) is 12.1. The molecule has 7 nitrogen and oxygen atoms in total. The Bertz CT molecular complexity index is 1060. The van der Waals surface area contributed by atoms with Gasteiger partial charge in [0.15, 0.2) is 0 Å². The zero-order chi connectivity index (χ0) is 20.6. The second-order valence-electron chi connectivity index (χ2n) is 7.61. The van der Waals surface area contributed by atoms with Crippen LogP contribution in [0.3, 0.4) is 0 Å². The van der Waals surface area contributed by atoms with E-state index < -0.39 is 15.9 Å². The predicted molar refractivity (Wildman–Crippen MR) is 113 cm³/mol. The van der Waals surface area contributed by atoms with E-state index in [0.717, 1.165) is 19.3 Å². The number of nitrogens with one attached hydrogen (secondary N) is 2. The van der Waals surface area contributed by atoms with Crippen LogP contribution in [0.15, 0.2) is 30.3 Å². The normalized spacial score (nSPS) is 20.2. The van der Waals surface area contributed by atoms with Crippen LogP contribution >= 0.6 is 11.3 Å². The van der Waals surface area contributed by atoms with Crippen molar-refractivity contribution in [3.05, 3.63) is 51.2 Å². The third-order valence-electron chi connectivity index (χ3n) is 5.34. The third-order valence-corrected chi connectivity index (χ3v) is 8.44. The van der Waals surface area contributed by atoms with Crippen LogP contribution in [-0.2, 0) is 22.9 Å². The molecule has 1 aliphatic carbocycles. The number of benzene rings is 1. The van der Waals surface area contributed by atoms with Crippen LogP contribution < -0.4 is 15.2 Å². The Hall–Kier alpha value is -2.39. The lowest BCUT2D eigenvalue weighted by molar-refractivity contribution is 0.0849. The first-order valence-electron chi connectivity index (χ1n) is 9.66. The Morgan fingerprint density at radius 2 is 1.97 bits per heavy atom. The highest BCUT2D eigenvalue weighted by Crippen LogP contribution is 2.32. The Balaban J connectivity index is 1.41. The summed E-state index contributed by atoms with van der Waals surface area (Å²) in [6, 6.07) is 8.31. The van der Waals surface area contributed by atoms with Crippen molar-refractivity contribution in [2.24, 2.45) is 5.92 Å². The van der Waals surface area contributed by atoms with Crippen molar-refractivity contribution in [3.63, 3.8) is 0 Å². The van der Waals surface area contributed by atoms with Gasteiger partial charge in [0.1, 0.15) is 0 Å². The second-order valence-corrected chi connectivity index (χ2v) is 10.8. The molecule has 1 aromatic carbocycles. The van der Waals surface area contributed by atoms with Gasteiger partial charge < -0.3 is 0 Å². The molecule has 2 aliphatic rings. The summed E-state index contributed by atoms with van der Waals surface area (Å²) in [6.07, 6.45) is 3.68. The molecular formula is C20H23N3O4S2. The zero-order valence-corrected chi connectivity index (χ0v) is 17.7. The van der Waals surface area contributed by atoms with Gasteiger partial charge in [-0.25, -0.2) is 8.42 Å². The quantitative estimate of drug-likeness (QED) is 0.727. The lowest BCUT2D eigenvalue weighted by atomic mass is 9.90. The molecule has 2 aromatic rings. The largest absolute Gasteiger partial charge is 0.279 e. The summed E-state index contributed by atoms with van der Waals surface area (Å²) >= 11 is 1.48. The van der Waals surface area contributed by atoms with E-state index in [4.69, 9.17) is 0 Å². The van der Waals surface area contributed by atoms with Gasteiger partial charge in [0.05, 0.1) is 16.3 Å². The number of thiophene rings is 1. The van der Waals surface area contributed by atoms with Crippen molar-refractivity contribution in [2.45, 2.75) is 32.6 Å². The molecule has 9 heteroatoms. The smallest absolute Gasteiger partial charge is 0.270 e. The Labute approximate surface area is 174 Å². The number of carbonyl (C=O) groups is 2. The van der Waals surface area contributed by atoms with Crippen LogP contribution in [-0.4, -0.2) is 32.5 Å². The molecule has 1 fully saturated rings. The average molecular weight is 434 g/mol. The van der Waals surface area contributed by atoms with Crippen molar-refractivity contribution in [2.75, 3.05) is 16.6 Å². The van der Waals surface area contributed by atoms with Gasteiger partial charge in [0, 0.05) is 17.0 Å². The summed E-state index contributed by atoms with van der Waals surface area (Å²) < 4.78 is 25.5. The minimum atomic E-state index is -3.32. The Morgan fingerprint density at radius 3 is 2.72 bits per heavy atom. The summed E-state index contributed by atoms with van der Waals surface area (Å²) in [6.45, 7) is 2.62. The molecule has 0 spiro atoms. The van der Waals surface area contributed by atoms with E-state index in [9.17, 15) is 18.0 Å². The van der Waals surface area contributed by atoms with Gasteiger partial charge in [0.2, 0.25) is 10.0 Å². The van der Waals surface area contributed by atoms with Crippen LogP contribution in [0.25, 0.3) is 0 Å². The molecule has 154 valence electrons. The number of anilines is 1. The van der Waals surface area contributed by atoms with E-state index in [1.165, 1.54) is 32.1 Å². The molecule has 2 heterocycles. The van der Waals surface area contributed by atoms with Crippen molar-refractivity contribution < 1.29 is 18.0 Å². The molecule has 0 radical (unpaired) electrons. The molecule has 1 saturated heterocycles. The molecule has 2 amide bonds. The summed E-state index contributed by atoms with van der Waals surface area (Å²) in [5.41, 5.74) is 6.86.